The van der Waals surface area contributed by atoms with Crippen LogP contribution in [0.1, 0.15) is 24.5 Å². The molecule has 0 unspecified atom stereocenters. The van der Waals surface area contributed by atoms with Crippen LogP contribution in [0.2, 0.25) is 0 Å². The van der Waals surface area contributed by atoms with Gasteiger partial charge in [-0.25, -0.2) is 0 Å². The summed E-state index contributed by atoms with van der Waals surface area (Å²) in [6.07, 6.45) is 2.21. The monoisotopic (exact) mass is 282 g/mol. The van der Waals surface area contributed by atoms with Crippen LogP contribution in [0, 0.1) is 5.92 Å². The number of carbonyl (C=O) groups is 1. The normalized spacial score (nSPS) is 11.9. The highest BCUT2D eigenvalue weighted by Gasteiger charge is 2.13. The molecule has 0 bridgehead atoms. The summed E-state index contributed by atoms with van der Waals surface area (Å²) in [6, 6.07) is 18.1. The van der Waals surface area contributed by atoms with Gasteiger partial charge in [0, 0.05) is 12.3 Å². The minimum absolute atomic E-state index is 0.0747. The van der Waals surface area contributed by atoms with Gasteiger partial charge < -0.3 is 4.74 Å². The molecule has 0 heterocycles. The molecule has 0 aliphatic heterocycles. The molecule has 0 spiro atoms. The van der Waals surface area contributed by atoms with Crippen molar-refractivity contribution in [3.8, 4) is 5.75 Å². The molecular formula is C19H22O2. The lowest BCUT2D eigenvalue weighted by atomic mass is 9.93. The number of Topliss-reactive ketones (excluding diaryl/α,β-unsaturated/α-hetero) is 1. The molecule has 1 atom stereocenters. The lowest BCUT2D eigenvalue weighted by molar-refractivity contribution is -0.122. The first kappa shape index (κ1) is 15.3. The van der Waals surface area contributed by atoms with Gasteiger partial charge in [-0.3, -0.25) is 4.79 Å². The molecule has 2 aromatic carbocycles. The molecule has 21 heavy (non-hydrogen) atoms. The number of carbonyl (C=O) groups excluding carboxylic acids is 1. The van der Waals surface area contributed by atoms with Gasteiger partial charge in [0.1, 0.15) is 11.5 Å². The van der Waals surface area contributed by atoms with Crippen LogP contribution >= 0.6 is 0 Å². The molecule has 0 fully saturated rings. The second-order valence-corrected chi connectivity index (χ2v) is 5.41. The Morgan fingerprint density at radius 2 is 1.67 bits per heavy atom. The maximum Gasteiger partial charge on any atom is 0.136 e. The van der Waals surface area contributed by atoms with Gasteiger partial charge in [0.25, 0.3) is 0 Å². The van der Waals surface area contributed by atoms with E-state index >= 15 is 0 Å². The lowest BCUT2D eigenvalue weighted by Crippen LogP contribution is -2.14. The van der Waals surface area contributed by atoms with Crippen LogP contribution in [0.25, 0.3) is 0 Å². The van der Waals surface area contributed by atoms with Crippen molar-refractivity contribution >= 4 is 5.78 Å². The summed E-state index contributed by atoms with van der Waals surface area (Å²) in [7, 11) is 1.66. The summed E-state index contributed by atoms with van der Waals surface area (Å²) in [5.74, 6) is 1.25. The molecule has 0 saturated carbocycles. The Hall–Kier alpha value is -2.09. The van der Waals surface area contributed by atoms with Crippen molar-refractivity contribution in [3.05, 3.63) is 65.7 Å². The van der Waals surface area contributed by atoms with Crippen molar-refractivity contribution in [1.82, 2.24) is 0 Å². The van der Waals surface area contributed by atoms with Gasteiger partial charge in [-0.1, -0.05) is 49.4 Å². The fraction of sp³-hybridized carbons (Fsp3) is 0.316. The zero-order valence-electron chi connectivity index (χ0n) is 12.7. The summed E-state index contributed by atoms with van der Waals surface area (Å²) in [6.45, 7) is 2.02. The topological polar surface area (TPSA) is 26.3 Å². The molecule has 0 aromatic heterocycles. The van der Waals surface area contributed by atoms with Gasteiger partial charge in [-0.15, -0.1) is 0 Å². The van der Waals surface area contributed by atoms with Crippen molar-refractivity contribution in [1.29, 1.82) is 0 Å². The Kier molecular flexibility index (Phi) is 5.56. The first-order valence-corrected chi connectivity index (χ1v) is 7.38. The molecule has 110 valence electrons. The molecule has 0 N–H and O–H groups in total. The predicted octanol–water partition coefficient (Wildman–Crippen LogP) is 4.08. The highest BCUT2D eigenvalue weighted by atomic mass is 16.5. The first-order valence-electron chi connectivity index (χ1n) is 7.38. The van der Waals surface area contributed by atoms with E-state index in [-0.39, 0.29) is 5.92 Å². The summed E-state index contributed by atoms with van der Waals surface area (Å²) >= 11 is 0. The van der Waals surface area contributed by atoms with Crippen LogP contribution in [0.15, 0.2) is 54.6 Å². The van der Waals surface area contributed by atoms with E-state index in [1.54, 1.807) is 7.11 Å². The van der Waals surface area contributed by atoms with Gasteiger partial charge >= 0.3 is 0 Å². The van der Waals surface area contributed by atoms with Gasteiger partial charge in [0.05, 0.1) is 7.11 Å². The number of aryl methyl sites for hydroxylation is 1. The zero-order chi connectivity index (χ0) is 15.1. The van der Waals surface area contributed by atoms with Gasteiger partial charge in [0.2, 0.25) is 0 Å². The van der Waals surface area contributed by atoms with Crippen molar-refractivity contribution in [3.63, 3.8) is 0 Å². The van der Waals surface area contributed by atoms with Crippen LogP contribution in [-0.2, 0) is 17.6 Å². The lowest BCUT2D eigenvalue weighted by Gasteiger charge is -2.10. The van der Waals surface area contributed by atoms with E-state index in [9.17, 15) is 4.79 Å². The fourth-order valence-electron chi connectivity index (χ4n) is 2.39. The highest BCUT2D eigenvalue weighted by Crippen LogP contribution is 2.15. The average molecular weight is 282 g/mol. The molecule has 2 nitrogen and oxygen atoms in total. The second-order valence-electron chi connectivity index (χ2n) is 5.41. The summed E-state index contributed by atoms with van der Waals surface area (Å²) < 4.78 is 5.13. The molecule has 0 aliphatic carbocycles. The van der Waals surface area contributed by atoms with Crippen molar-refractivity contribution < 1.29 is 9.53 Å². The number of benzene rings is 2. The Morgan fingerprint density at radius 1 is 1.00 bits per heavy atom. The fourth-order valence-corrected chi connectivity index (χ4v) is 2.39. The molecule has 0 amide bonds. The smallest absolute Gasteiger partial charge is 0.136 e. The minimum atomic E-state index is 0.0747. The first-order chi connectivity index (χ1) is 10.2. The van der Waals surface area contributed by atoms with Crippen LogP contribution in [0.4, 0.5) is 0 Å². The number of hydrogen-bond acceptors (Lipinski definition) is 2. The Labute approximate surface area is 126 Å². The van der Waals surface area contributed by atoms with E-state index in [1.807, 2.05) is 49.4 Å². The standard InChI is InChI=1S/C19H22O2/c1-15(14-17-6-4-3-5-7-17)19(20)13-10-16-8-11-18(21-2)12-9-16/h3-9,11-12,15H,10,13-14H2,1-2H3/t15-/m1/s1. The van der Waals surface area contributed by atoms with E-state index in [1.165, 1.54) is 11.1 Å². The number of ether oxygens (including phenoxy) is 1. The highest BCUT2D eigenvalue weighted by molar-refractivity contribution is 5.81. The SMILES string of the molecule is COc1ccc(CCC(=O)[C@H](C)Cc2ccccc2)cc1. The van der Waals surface area contributed by atoms with Crippen molar-refractivity contribution in [2.45, 2.75) is 26.2 Å². The van der Waals surface area contributed by atoms with Crippen molar-refractivity contribution in [2.75, 3.05) is 7.11 Å². The van der Waals surface area contributed by atoms with E-state index in [0.717, 1.165) is 18.6 Å². The third-order valence-corrected chi connectivity index (χ3v) is 3.75. The average Bonchev–Trinajstić information content (AvgIpc) is 2.54. The zero-order valence-corrected chi connectivity index (χ0v) is 12.7. The molecule has 2 heteroatoms. The Bertz CT molecular complexity index is 558. The molecule has 0 aliphatic rings. The minimum Gasteiger partial charge on any atom is -0.497 e. The number of hydrogen-bond donors (Lipinski definition) is 0. The van der Waals surface area contributed by atoms with Gasteiger partial charge in [0.15, 0.2) is 0 Å². The summed E-state index contributed by atoms with van der Waals surface area (Å²) in [4.78, 5) is 12.2. The molecule has 2 rings (SSSR count). The van der Waals surface area contributed by atoms with Gasteiger partial charge in [-0.05, 0) is 36.1 Å². The quantitative estimate of drug-likeness (QED) is 0.765. The van der Waals surface area contributed by atoms with Crippen LogP contribution in [-0.4, -0.2) is 12.9 Å². The second kappa shape index (κ2) is 7.63. The van der Waals surface area contributed by atoms with E-state index in [2.05, 4.69) is 12.1 Å². The van der Waals surface area contributed by atoms with Crippen LogP contribution < -0.4 is 4.74 Å². The van der Waals surface area contributed by atoms with E-state index in [4.69, 9.17) is 4.74 Å². The van der Waals surface area contributed by atoms with Crippen molar-refractivity contribution in [2.24, 2.45) is 5.92 Å². The van der Waals surface area contributed by atoms with E-state index in [0.29, 0.717) is 12.2 Å². The molecular weight excluding hydrogens is 260 g/mol. The van der Waals surface area contributed by atoms with Gasteiger partial charge in [-0.2, -0.15) is 0 Å². The largest absolute Gasteiger partial charge is 0.497 e. The Balaban J connectivity index is 1.83. The maximum atomic E-state index is 12.2. The summed E-state index contributed by atoms with van der Waals surface area (Å²) in [5.41, 5.74) is 2.40. The third-order valence-electron chi connectivity index (χ3n) is 3.75. The third kappa shape index (κ3) is 4.75. The van der Waals surface area contributed by atoms with Crippen LogP contribution in [0.3, 0.4) is 0 Å². The predicted molar refractivity (Wildman–Crippen MR) is 85.6 cm³/mol. The number of methoxy groups -OCH3 is 1. The number of ketones is 1. The maximum absolute atomic E-state index is 12.2. The number of rotatable bonds is 7. The van der Waals surface area contributed by atoms with E-state index < -0.39 is 0 Å². The molecule has 0 radical (unpaired) electrons. The molecule has 0 saturated heterocycles. The summed E-state index contributed by atoms with van der Waals surface area (Å²) in [5, 5.41) is 0. The van der Waals surface area contributed by atoms with Crippen LogP contribution in [0.5, 0.6) is 5.75 Å². The Morgan fingerprint density at radius 3 is 2.29 bits per heavy atom. The molecule has 2 aromatic rings.